The molecule has 3 heterocycles. The lowest BCUT2D eigenvalue weighted by atomic mass is 10.1. The number of hydrogen-bond acceptors (Lipinski definition) is 5. The number of nitrogens with zero attached hydrogens (tertiary/aromatic N) is 5. The number of amides is 1. The molecule has 0 radical (unpaired) electrons. The van der Waals surface area contributed by atoms with Crippen LogP contribution in [0, 0.1) is 11.7 Å². The SMILES string of the molecule is CCCn1c(=O)n(C2CC2)c(=O)c2[nH]c(-c3ccc(N(CC4CC4)C(=O)c4ccc(F)cc4)nc3)nc21. The van der Waals surface area contributed by atoms with Gasteiger partial charge in [-0.2, -0.15) is 0 Å². The van der Waals surface area contributed by atoms with Crippen LogP contribution < -0.4 is 16.1 Å². The standard InChI is InChI=1S/C27H27FN6O3/c1-2-13-32-24-22(26(36)34(27(32)37)20-10-11-20)30-23(31-24)18-7-12-21(29-14-18)33(15-16-3-4-16)25(35)17-5-8-19(28)9-6-17/h5-9,12,14,16,20H,2-4,10-11,13,15H2,1H3,(H,30,31). The fourth-order valence-corrected chi connectivity index (χ4v) is 4.63. The van der Waals surface area contributed by atoms with Crippen LogP contribution in [0.2, 0.25) is 0 Å². The first kappa shape index (κ1) is 23.3. The Morgan fingerprint density at radius 2 is 1.86 bits per heavy atom. The van der Waals surface area contributed by atoms with E-state index in [2.05, 4.69) is 15.0 Å². The number of H-pyrrole nitrogens is 1. The highest BCUT2D eigenvalue weighted by atomic mass is 19.1. The predicted molar refractivity (Wildman–Crippen MR) is 137 cm³/mol. The van der Waals surface area contributed by atoms with Crippen LogP contribution in [0.3, 0.4) is 0 Å². The van der Waals surface area contributed by atoms with E-state index in [0.29, 0.717) is 52.9 Å². The molecule has 0 spiro atoms. The van der Waals surface area contributed by atoms with Crippen LogP contribution in [0.4, 0.5) is 10.2 Å². The number of nitrogens with one attached hydrogen (secondary N) is 1. The van der Waals surface area contributed by atoms with Crippen LogP contribution in [0.1, 0.15) is 55.4 Å². The second-order valence-electron chi connectivity index (χ2n) is 9.90. The fourth-order valence-electron chi connectivity index (χ4n) is 4.63. The molecule has 2 aliphatic carbocycles. The molecule has 0 bridgehead atoms. The number of aromatic nitrogens is 5. The normalized spacial score (nSPS) is 15.3. The van der Waals surface area contributed by atoms with E-state index in [0.717, 1.165) is 32.1 Å². The van der Waals surface area contributed by atoms with Gasteiger partial charge in [-0.1, -0.05) is 6.92 Å². The molecule has 10 heteroatoms. The summed E-state index contributed by atoms with van der Waals surface area (Å²) in [6.45, 7) is 2.98. The van der Waals surface area contributed by atoms with Crippen molar-refractivity contribution in [1.82, 2.24) is 24.1 Å². The second kappa shape index (κ2) is 9.10. The van der Waals surface area contributed by atoms with Gasteiger partial charge in [0.05, 0.1) is 0 Å². The first-order chi connectivity index (χ1) is 17.9. The smallest absolute Gasteiger partial charge is 0.332 e. The lowest BCUT2D eigenvalue weighted by Crippen LogP contribution is -2.39. The van der Waals surface area contributed by atoms with Crippen molar-refractivity contribution in [1.29, 1.82) is 0 Å². The molecule has 0 saturated heterocycles. The summed E-state index contributed by atoms with van der Waals surface area (Å²) in [6.07, 6.45) is 6.10. The van der Waals surface area contributed by atoms with E-state index in [-0.39, 0.29) is 23.2 Å². The van der Waals surface area contributed by atoms with E-state index in [9.17, 15) is 18.8 Å². The third kappa shape index (κ3) is 4.36. The average molecular weight is 503 g/mol. The minimum atomic E-state index is -0.396. The van der Waals surface area contributed by atoms with Crippen molar-refractivity contribution in [3.63, 3.8) is 0 Å². The maximum Gasteiger partial charge on any atom is 0.333 e. The number of benzene rings is 1. The first-order valence-corrected chi connectivity index (χ1v) is 12.7. The zero-order valence-electron chi connectivity index (χ0n) is 20.5. The van der Waals surface area contributed by atoms with Crippen molar-refractivity contribution in [2.45, 2.75) is 51.6 Å². The van der Waals surface area contributed by atoms with Crippen LogP contribution in [-0.4, -0.2) is 36.5 Å². The molecular weight excluding hydrogens is 475 g/mol. The summed E-state index contributed by atoms with van der Waals surface area (Å²) in [5.74, 6) is 0.708. The summed E-state index contributed by atoms with van der Waals surface area (Å²) in [5, 5.41) is 0. The van der Waals surface area contributed by atoms with Crippen LogP contribution in [-0.2, 0) is 6.54 Å². The van der Waals surface area contributed by atoms with Gasteiger partial charge in [-0.05, 0) is 74.4 Å². The van der Waals surface area contributed by atoms with Gasteiger partial charge < -0.3 is 4.98 Å². The fraction of sp³-hybridized carbons (Fsp3) is 0.370. The number of pyridine rings is 1. The maximum absolute atomic E-state index is 13.4. The lowest BCUT2D eigenvalue weighted by Gasteiger charge is -2.22. The number of carbonyl (C=O) groups is 1. The highest BCUT2D eigenvalue weighted by Gasteiger charge is 2.31. The zero-order chi connectivity index (χ0) is 25.7. The summed E-state index contributed by atoms with van der Waals surface area (Å²) < 4.78 is 16.3. The van der Waals surface area contributed by atoms with Gasteiger partial charge in [0.2, 0.25) is 0 Å². The zero-order valence-corrected chi connectivity index (χ0v) is 20.5. The summed E-state index contributed by atoms with van der Waals surface area (Å²) in [5.41, 5.74) is 1.01. The highest BCUT2D eigenvalue weighted by molar-refractivity contribution is 6.05. The number of imidazole rings is 1. The van der Waals surface area contributed by atoms with Crippen LogP contribution >= 0.6 is 0 Å². The molecule has 2 saturated carbocycles. The Bertz CT molecular complexity index is 1590. The van der Waals surface area contributed by atoms with Crippen molar-refractivity contribution in [3.8, 4) is 11.4 Å². The lowest BCUT2D eigenvalue weighted by molar-refractivity contribution is 0.0985. The number of aromatic amines is 1. The quantitative estimate of drug-likeness (QED) is 0.394. The number of carbonyl (C=O) groups excluding carboxylic acids is 1. The number of rotatable bonds is 8. The van der Waals surface area contributed by atoms with Gasteiger partial charge in [0.1, 0.15) is 23.0 Å². The average Bonchev–Trinajstić information content (AvgIpc) is 3.84. The van der Waals surface area contributed by atoms with E-state index in [1.54, 1.807) is 27.8 Å². The Balaban J connectivity index is 1.36. The highest BCUT2D eigenvalue weighted by Crippen LogP contribution is 2.33. The molecule has 1 aromatic carbocycles. The predicted octanol–water partition coefficient (Wildman–Crippen LogP) is 3.89. The van der Waals surface area contributed by atoms with E-state index >= 15 is 0 Å². The molecule has 1 amide bonds. The van der Waals surface area contributed by atoms with Crippen LogP contribution in [0.15, 0.2) is 52.2 Å². The molecule has 0 atom stereocenters. The van der Waals surface area contributed by atoms with E-state index in [4.69, 9.17) is 0 Å². The van der Waals surface area contributed by atoms with Gasteiger partial charge >= 0.3 is 5.69 Å². The summed E-state index contributed by atoms with van der Waals surface area (Å²) >= 11 is 0. The van der Waals surface area contributed by atoms with E-state index in [1.807, 2.05) is 6.92 Å². The third-order valence-electron chi connectivity index (χ3n) is 6.94. The number of anilines is 1. The van der Waals surface area contributed by atoms with Crippen molar-refractivity contribution in [2.75, 3.05) is 11.4 Å². The second-order valence-corrected chi connectivity index (χ2v) is 9.90. The minimum Gasteiger partial charge on any atom is -0.332 e. The molecule has 6 rings (SSSR count). The van der Waals surface area contributed by atoms with Gasteiger partial charge in [0.15, 0.2) is 5.65 Å². The largest absolute Gasteiger partial charge is 0.333 e. The Morgan fingerprint density at radius 3 is 2.49 bits per heavy atom. The monoisotopic (exact) mass is 502 g/mol. The van der Waals surface area contributed by atoms with E-state index < -0.39 is 5.82 Å². The number of aryl methyl sites for hydroxylation is 1. The molecule has 37 heavy (non-hydrogen) atoms. The Labute approximate surface area is 211 Å². The van der Waals surface area contributed by atoms with Crippen molar-refractivity contribution >= 4 is 22.9 Å². The molecule has 3 aromatic heterocycles. The van der Waals surface area contributed by atoms with Gasteiger partial charge in [-0.15, -0.1) is 0 Å². The molecule has 0 aliphatic heterocycles. The van der Waals surface area contributed by atoms with Gasteiger partial charge in [0.25, 0.3) is 11.5 Å². The molecule has 2 fully saturated rings. The number of fused-ring (bicyclic) bond motifs is 1. The molecule has 9 nitrogen and oxygen atoms in total. The molecule has 0 unspecified atom stereocenters. The van der Waals surface area contributed by atoms with Gasteiger partial charge in [-0.3, -0.25) is 23.6 Å². The Morgan fingerprint density at radius 1 is 1.11 bits per heavy atom. The van der Waals surface area contributed by atoms with Gasteiger partial charge in [0, 0.05) is 36.5 Å². The number of hydrogen-bond donors (Lipinski definition) is 1. The molecule has 4 aromatic rings. The van der Waals surface area contributed by atoms with Crippen LogP contribution in [0.5, 0.6) is 0 Å². The maximum atomic E-state index is 13.4. The Kier molecular flexibility index (Phi) is 5.73. The molecule has 190 valence electrons. The van der Waals surface area contributed by atoms with Crippen molar-refractivity contribution < 1.29 is 9.18 Å². The van der Waals surface area contributed by atoms with Crippen molar-refractivity contribution in [2.24, 2.45) is 5.92 Å². The van der Waals surface area contributed by atoms with E-state index in [1.165, 1.54) is 28.8 Å². The molecule has 2 aliphatic rings. The van der Waals surface area contributed by atoms with Crippen molar-refractivity contribution in [3.05, 3.63) is 74.8 Å². The molecule has 1 N–H and O–H groups in total. The third-order valence-corrected chi connectivity index (χ3v) is 6.94. The topological polar surface area (TPSA) is 106 Å². The summed E-state index contributed by atoms with van der Waals surface area (Å²) in [4.78, 5) is 53.3. The van der Waals surface area contributed by atoms with Gasteiger partial charge in [-0.25, -0.2) is 19.2 Å². The Hall–Kier alpha value is -4.08. The summed E-state index contributed by atoms with van der Waals surface area (Å²) in [6, 6.07) is 8.99. The minimum absolute atomic E-state index is 0.0451. The summed E-state index contributed by atoms with van der Waals surface area (Å²) in [7, 11) is 0. The first-order valence-electron chi connectivity index (χ1n) is 12.7. The molecular formula is C27H27FN6O3. The number of halogens is 1. The van der Waals surface area contributed by atoms with Crippen LogP contribution in [0.25, 0.3) is 22.6 Å².